The second kappa shape index (κ2) is 11.3. The molecule has 0 spiro atoms. The highest BCUT2D eigenvalue weighted by Gasteiger charge is 2.30. The van der Waals surface area contributed by atoms with E-state index in [1.165, 1.54) is 53.6 Å². The Bertz CT molecular complexity index is 1310. The van der Waals surface area contributed by atoms with Gasteiger partial charge in [-0.3, -0.25) is 4.79 Å². The summed E-state index contributed by atoms with van der Waals surface area (Å²) in [6, 6.07) is 7.48. The molecule has 3 aromatic rings. The quantitative estimate of drug-likeness (QED) is 0.398. The van der Waals surface area contributed by atoms with E-state index in [2.05, 4.69) is 10.1 Å². The fourth-order valence-corrected chi connectivity index (χ4v) is 3.82. The predicted molar refractivity (Wildman–Crippen MR) is 126 cm³/mol. The molecular formula is C25H27NO10. The summed E-state index contributed by atoms with van der Waals surface area (Å²) in [7, 11) is 5.52. The van der Waals surface area contributed by atoms with Gasteiger partial charge in [-0.15, -0.1) is 0 Å². The minimum absolute atomic E-state index is 0.00289. The molecule has 0 saturated heterocycles. The third-order valence-electron chi connectivity index (χ3n) is 5.45. The summed E-state index contributed by atoms with van der Waals surface area (Å²) in [6.45, 7) is 1.50. The van der Waals surface area contributed by atoms with E-state index in [-0.39, 0.29) is 47.3 Å². The molecule has 1 aromatic carbocycles. The van der Waals surface area contributed by atoms with E-state index < -0.39 is 23.4 Å². The van der Waals surface area contributed by atoms with Gasteiger partial charge in [-0.2, -0.15) is 0 Å². The topological polar surface area (TPSA) is 147 Å². The molecular weight excluding hydrogens is 474 g/mol. The van der Waals surface area contributed by atoms with Gasteiger partial charge in [0.15, 0.2) is 11.5 Å². The van der Waals surface area contributed by atoms with Crippen LogP contribution in [-0.4, -0.2) is 45.4 Å². The molecule has 0 aliphatic carbocycles. The molecule has 36 heavy (non-hydrogen) atoms. The monoisotopic (exact) mass is 501 g/mol. The molecule has 11 heteroatoms. The number of carbonyl (C=O) groups is 2. The Balaban J connectivity index is 1.98. The molecule has 0 aliphatic heterocycles. The molecule has 0 fully saturated rings. The zero-order chi connectivity index (χ0) is 26.4. The van der Waals surface area contributed by atoms with Gasteiger partial charge in [0.25, 0.3) is 0 Å². The van der Waals surface area contributed by atoms with Gasteiger partial charge in [-0.05, 0) is 25.1 Å². The van der Waals surface area contributed by atoms with Crippen LogP contribution in [0.25, 0.3) is 0 Å². The van der Waals surface area contributed by atoms with E-state index >= 15 is 0 Å². The van der Waals surface area contributed by atoms with Gasteiger partial charge < -0.3 is 38.2 Å². The first-order valence-electron chi connectivity index (χ1n) is 10.8. The van der Waals surface area contributed by atoms with Crippen LogP contribution >= 0.6 is 0 Å². The van der Waals surface area contributed by atoms with Crippen molar-refractivity contribution in [2.24, 2.45) is 0 Å². The summed E-state index contributed by atoms with van der Waals surface area (Å²) < 4.78 is 31.5. The van der Waals surface area contributed by atoms with E-state index in [0.717, 1.165) is 0 Å². The van der Waals surface area contributed by atoms with Crippen molar-refractivity contribution in [2.75, 3.05) is 28.4 Å². The van der Waals surface area contributed by atoms with Crippen molar-refractivity contribution in [3.05, 3.63) is 69.2 Å². The van der Waals surface area contributed by atoms with Gasteiger partial charge in [0.2, 0.25) is 17.4 Å². The Morgan fingerprint density at radius 3 is 2.33 bits per heavy atom. The number of amides is 1. The minimum Gasteiger partial charge on any atom is -0.507 e. The van der Waals surface area contributed by atoms with Crippen molar-refractivity contribution >= 4 is 11.9 Å². The maximum absolute atomic E-state index is 13.0. The first kappa shape index (κ1) is 26.2. The fraction of sp³-hybridized carbons (Fsp3) is 0.320. The van der Waals surface area contributed by atoms with Crippen molar-refractivity contribution in [3.8, 4) is 23.0 Å². The van der Waals surface area contributed by atoms with Crippen LogP contribution in [0.2, 0.25) is 0 Å². The van der Waals surface area contributed by atoms with Crippen molar-refractivity contribution in [3.63, 3.8) is 0 Å². The van der Waals surface area contributed by atoms with Gasteiger partial charge in [0.1, 0.15) is 17.3 Å². The third kappa shape index (κ3) is 5.45. The van der Waals surface area contributed by atoms with Gasteiger partial charge >= 0.3 is 11.6 Å². The van der Waals surface area contributed by atoms with Crippen LogP contribution in [0, 0.1) is 6.92 Å². The molecule has 1 atom stereocenters. The average molecular weight is 501 g/mol. The number of benzene rings is 1. The number of ether oxygens (including phenoxy) is 4. The number of furan rings is 1. The largest absolute Gasteiger partial charge is 0.507 e. The zero-order valence-electron chi connectivity index (χ0n) is 20.5. The first-order chi connectivity index (χ1) is 17.2. The number of carbonyl (C=O) groups excluding carboxylic acids is 2. The molecule has 2 heterocycles. The highest BCUT2D eigenvalue weighted by molar-refractivity contribution is 5.86. The number of methoxy groups -OCH3 is 4. The lowest BCUT2D eigenvalue weighted by molar-refractivity contribution is -0.121. The van der Waals surface area contributed by atoms with Gasteiger partial charge in [0, 0.05) is 24.0 Å². The fourth-order valence-electron chi connectivity index (χ4n) is 3.82. The SMILES string of the molecule is COC(=O)c1ccc(CNC(=O)C[C@@H](c2ccc(OC)c(OC)c2OC)c2c(O)cc(C)oc2=O)o1. The van der Waals surface area contributed by atoms with Crippen LogP contribution in [0.3, 0.4) is 0 Å². The van der Waals surface area contributed by atoms with E-state index in [4.69, 9.17) is 23.0 Å². The van der Waals surface area contributed by atoms with E-state index in [1.807, 2.05) is 0 Å². The third-order valence-corrected chi connectivity index (χ3v) is 5.45. The smallest absolute Gasteiger partial charge is 0.373 e. The molecule has 1 amide bonds. The van der Waals surface area contributed by atoms with Crippen molar-refractivity contribution in [2.45, 2.75) is 25.8 Å². The van der Waals surface area contributed by atoms with Gasteiger partial charge in [-0.25, -0.2) is 9.59 Å². The van der Waals surface area contributed by atoms with Gasteiger partial charge in [0.05, 0.1) is 40.5 Å². The Morgan fingerprint density at radius 2 is 1.72 bits per heavy atom. The highest BCUT2D eigenvalue weighted by Crippen LogP contribution is 2.45. The van der Waals surface area contributed by atoms with Crippen LogP contribution in [0.5, 0.6) is 23.0 Å². The standard InChI is InChI=1S/C25H27NO10/c1-13-10-17(27)21(25(30)35-13)16(15-7-9-18(31-2)23(33-4)22(15)32-3)11-20(28)26-12-14-6-8-19(36-14)24(29)34-5/h6-10,16,27H,11-12H2,1-5H3,(H,26,28)/t16-/m0/s1. The number of aromatic hydroxyl groups is 1. The second-order valence-corrected chi connectivity index (χ2v) is 7.66. The lowest BCUT2D eigenvalue weighted by atomic mass is 9.87. The number of hydrogen-bond donors (Lipinski definition) is 2. The predicted octanol–water partition coefficient (Wildman–Crippen LogP) is 2.90. The minimum atomic E-state index is -0.973. The lowest BCUT2D eigenvalue weighted by Gasteiger charge is -2.22. The maximum Gasteiger partial charge on any atom is 0.373 e. The number of rotatable bonds is 10. The highest BCUT2D eigenvalue weighted by atomic mass is 16.5. The number of aryl methyl sites for hydroxylation is 1. The summed E-state index contributed by atoms with van der Waals surface area (Å²) in [5.74, 6) is -1.04. The molecule has 2 aromatic heterocycles. The Morgan fingerprint density at radius 1 is 1.00 bits per heavy atom. The molecule has 0 saturated carbocycles. The van der Waals surface area contributed by atoms with E-state index in [0.29, 0.717) is 17.1 Å². The summed E-state index contributed by atoms with van der Waals surface area (Å²) in [6.07, 6.45) is -0.266. The Labute approximate surface area is 206 Å². The Hall–Kier alpha value is -4.41. The van der Waals surface area contributed by atoms with Crippen LogP contribution in [0.15, 0.2) is 44.0 Å². The molecule has 192 valence electrons. The lowest BCUT2D eigenvalue weighted by Crippen LogP contribution is -2.27. The summed E-state index contributed by atoms with van der Waals surface area (Å²) in [5, 5.41) is 13.3. The van der Waals surface area contributed by atoms with Crippen LogP contribution in [0.1, 0.15) is 45.5 Å². The summed E-state index contributed by atoms with van der Waals surface area (Å²) in [4.78, 5) is 37.4. The van der Waals surface area contributed by atoms with Crippen LogP contribution in [-0.2, 0) is 16.1 Å². The second-order valence-electron chi connectivity index (χ2n) is 7.66. The molecule has 0 radical (unpaired) electrons. The number of hydrogen-bond acceptors (Lipinski definition) is 10. The zero-order valence-corrected chi connectivity index (χ0v) is 20.5. The van der Waals surface area contributed by atoms with Crippen molar-refractivity contribution < 1.29 is 42.5 Å². The average Bonchev–Trinajstić information content (AvgIpc) is 3.34. The first-order valence-corrected chi connectivity index (χ1v) is 10.8. The molecule has 11 nitrogen and oxygen atoms in total. The molecule has 0 aliphatic rings. The van der Waals surface area contributed by atoms with E-state index in [9.17, 15) is 19.5 Å². The van der Waals surface area contributed by atoms with Crippen molar-refractivity contribution in [1.29, 1.82) is 0 Å². The summed E-state index contributed by atoms with van der Waals surface area (Å²) in [5.41, 5.74) is -0.522. The molecule has 3 rings (SSSR count). The maximum atomic E-state index is 13.0. The Kier molecular flexibility index (Phi) is 8.26. The number of nitrogens with one attached hydrogen (secondary N) is 1. The molecule has 0 bridgehead atoms. The molecule has 2 N–H and O–H groups in total. The van der Waals surface area contributed by atoms with E-state index in [1.54, 1.807) is 12.1 Å². The van der Waals surface area contributed by atoms with Gasteiger partial charge in [-0.1, -0.05) is 6.07 Å². The normalized spacial score (nSPS) is 11.5. The summed E-state index contributed by atoms with van der Waals surface area (Å²) >= 11 is 0. The van der Waals surface area contributed by atoms with Crippen LogP contribution in [0.4, 0.5) is 0 Å². The van der Waals surface area contributed by atoms with Crippen molar-refractivity contribution in [1.82, 2.24) is 5.32 Å². The number of esters is 1. The van der Waals surface area contributed by atoms with Crippen LogP contribution < -0.4 is 25.2 Å². The molecule has 0 unspecified atom stereocenters.